The summed E-state index contributed by atoms with van der Waals surface area (Å²) >= 11 is 1.63. The number of carboxylic acid groups (broad SMARTS) is 1. The zero-order valence-corrected chi connectivity index (χ0v) is 36.4. The highest BCUT2D eigenvalue weighted by atomic mass is 32.2. The van der Waals surface area contributed by atoms with Gasteiger partial charge in [-0.1, -0.05) is 27.7 Å². The second kappa shape index (κ2) is 30.1. The van der Waals surface area contributed by atoms with E-state index in [9.17, 15) is 44.4 Å². The Hall–Kier alpha value is -4.97. The summed E-state index contributed by atoms with van der Waals surface area (Å²) in [6.45, 7) is 12.8. The molecule has 3 heterocycles. The molecule has 6 atom stereocenters. The molecule has 1 aliphatic rings. The van der Waals surface area contributed by atoms with Crippen LogP contribution in [0.25, 0.3) is 11.2 Å². The third kappa shape index (κ3) is 19.1. The van der Waals surface area contributed by atoms with E-state index in [0.717, 1.165) is 11.5 Å². The smallest absolute Gasteiger partial charge is 0.326 e. The third-order valence-corrected chi connectivity index (χ3v) is 9.23. The Kier molecular flexibility index (Phi) is 26.7. The molecule has 2 aromatic heterocycles. The molecule has 1 fully saturated rings. The predicted octanol–water partition coefficient (Wildman–Crippen LogP) is 0.512. The van der Waals surface area contributed by atoms with Crippen molar-refractivity contribution in [2.45, 2.75) is 111 Å². The number of aromatic nitrogens is 4. The zero-order valence-electron chi connectivity index (χ0n) is 35.6. The van der Waals surface area contributed by atoms with Crippen molar-refractivity contribution in [1.82, 2.24) is 35.9 Å². The number of carbonyl (C=O) groups excluding carboxylic acids is 3. The maximum atomic E-state index is 12.4. The van der Waals surface area contributed by atoms with E-state index >= 15 is 0 Å². The van der Waals surface area contributed by atoms with Crippen LogP contribution in [-0.2, 0) is 30.4 Å². The van der Waals surface area contributed by atoms with Gasteiger partial charge in [-0.15, -0.1) is 0 Å². The van der Waals surface area contributed by atoms with Gasteiger partial charge in [-0.3, -0.25) is 24.2 Å². The number of nitrogens with one attached hydrogen (secondary N) is 5. The van der Waals surface area contributed by atoms with Gasteiger partial charge in [0.2, 0.25) is 17.8 Å². The molecule has 12 N–H and O–H groups in total. The lowest BCUT2D eigenvalue weighted by molar-refractivity contribution is -0.300. The number of carbonyl (C=O) groups is 4. The van der Waals surface area contributed by atoms with Crippen molar-refractivity contribution in [3.63, 3.8) is 0 Å². The van der Waals surface area contributed by atoms with E-state index in [1.54, 1.807) is 30.8 Å². The minimum absolute atomic E-state index is 0.0130. The van der Waals surface area contributed by atoms with E-state index in [1.165, 1.54) is 18.3 Å². The first-order valence-corrected chi connectivity index (χ1v) is 21.4. The lowest BCUT2D eigenvalue weighted by Gasteiger charge is -2.39. The number of aliphatic hydroxyl groups excluding tert-OH is 4. The van der Waals surface area contributed by atoms with Gasteiger partial charge in [-0.25, -0.2) is 14.8 Å². The van der Waals surface area contributed by atoms with Gasteiger partial charge in [-0.2, -0.15) is 16.7 Å². The Bertz CT molecular complexity index is 1820. The first-order chi connectivity index (χ1) is 29.3. The number of rotatable bonds is 20. The van der Waals surface area contributed by atoms with Crippen LogP contribution >= 0.6 is 11.8 Å². The molecule has 0 aliphatic carbocycles. The van der Waals surface area contributed by atoms with Crippen molar-refractivity contribution in [2.24, 2.45) is 0 Å². The van der Waals surface area contributed by atoms with Crippen LogP contribution in [0.3, 0.4) is 0 Å². The van der Waals surface area contributed by atoms with Crippen molar-refractivity contribution in [3.05, 3.63) is 52.1 Å². The fourth-order valence-electron chi connectivity index (χ4n) is 5.17. The van der Waals surface area contributed by atoms with Crippen LogP contribution in [0.2, 0.25) is 0 Å². The van der Waals surface area contributed by atoms with E-state index in [0.29, 0.717) is 43.9 Å². The molecule has 61 heavy (non-hydrogen) atoms. The number of aliphatic hydroxyl groups is 4. The molecule has 21 nitrogen and oxygen atoms in total. The highest BCUT2D eigenvalue weighted by Gasteiger charge is 2.43. The van der Waals surface area contributed by atoms with E-state index in [-0.39, 0.29) is 53.9 Å². The van der Waals surface area contributed by atoms with Crippen molar-refractivity contribution in [3.8, 4) is 0 Å². The number of H-pyrrole nitrogens is 1. The zero-order chi connectivity index (χ0) is 45.9. The number of aliphatic carboxylic acids is 1. The van der Waals surface area contributed by atoms with Crippen molar-refractivity contribution in [1.29, 1.82) is 0 Å². The Balaban J connectivity index is 0.000000602. The van der Waals surface area contributed by atoms with E-state index in [1.807, 2.05) is 34.6 Å². The molecule has 1 aromatic carbocycles. The maximum Gasteiger partial charge on any atom is 0.326 e. The quantitative estimate of drug-likeness (QED) is 0.0689. The summed E-state index contributed by atoms with van der Waals surface area (Å²) in [5.74, 6) is -0.552. The number of nitrogen functional groups attached to an aromatic ring is 1. The number of anilines is 2. The Morgan fingerprint density at radius 3 is 2.18 bits per heavy atom. The lowest BCUT2D eigenvalue weighted by atomic mass is 9.99. The lowest BCUT2D eigenvalue weighted by Crippen LogP contribution is -2.59. The van der Waals surface area contributed by atoms with Crippen LogP contribution in [0.4, 0.5) is 11.6 Å². The highest BCUT2D eigenvalue weighted by Crippen LogP contribution is 2.22. The van der Waals surface area contributed by atoms with Crippen molar-refractivity contribution >= 4 is 58.3 Å². The number of carboxylic acids is 1. The van der Waals surface area contributed by atoms with Crippen LogP contribution in [-0.4, -0.2) is 144 Å². The van der Waals surface area contributed by atoms with E-state index in [2.05, 4.69) is 41.2 Å². The van der Waals surface area contributed by atoms with E-state index < -0.39 is 60.8 Å². The molecule has 1 aliphatic heterocycles. The summed E-state index contributed by atoms with van der Waals surface area (Å²) in [5, 5.41) is 58.3. The van der Waals surface area contributed by atoms with Gasteiger partial charge in [0.15, 0.2) is 17.5 Å². The molecule has 3 aromatic rings. The Morgan fingerprint density at radius 2 is 1.57 bits per heavy atom. The Labute approximate surface area is 359 Å². The standard InChI is InChI=1S/C21H24N8O5.C14H27NO7S.2C2H6/c1-2-23-15(30)8-7-14(20(33)34)27-18(31)11-3-5-12(6-4-11)24-9-13-10-25-17-16(26-13)19(32)29-21(22)28-17;1-2-15-10(17)4-7-23-6-3-5-21-14-13(20)12(19)11(18)9(8-16)22-14;2*1-2/h3-6,10,14,24H,2,7-9H2,1H3,(H,23,30)(H,27,31)(H,33,34)(H3,22,25,28,29,32);9,11-14,16,18-20H,2-8H2,1H3,(H,15,17);2*1-2H3/t;9?,11-,12-,13?,14-;;/m.0../s1. The van der Waals surface area contributed by atoms with Gasteiger partial charge in [0.25, 0.3) is 11.5 Å². The molecule has 3 unspecified atom stereocenters. The third-order valence-electron chi connectivity index (χ3n) is 8.16. The van der Waals surface area contributed by atoms with Crippen LogP contribution in [0.15, 0.2) is 35.3 Å². The molecular weight excluding hydrogens is 819 g/mol. The van der Waals surface area contributed by atoms with Gasteiger partial charge in [0, 0.05) is 42.9 Å². The fraction of sp³-hybridized carbons (Fsp3) is 0.590. The summed E-state index contributed by atoms with van der Waals surface area (Å²) in [4.78, 5) is 73.2. The van der Waals surface area contributed by atoms with E-state index in [4.69, 9.17) is 20.3 Å². The number of amides is 3. The SMILES string of the molecule is CC.CC.CCNC(=O)CCC(NC(=O)c1ccc(NCc2cnc3nc(N)[nH]c(=O)c3n2)cc1)C(=O)O.CCNC(=O)CCSCCCO[C@H]1OC(CO)[C@H](O)[C@H](O)C1O. The number of ether oxygens (including phenoxy) is 2. The summed E-state index contributed by atoms with van der Waals surface area (Å²) in [7, 11) is 0. The minimum Gasteiger partial charge on any atom is -0.480 e. The number of nitrogens with zero attached hydrogens (tertiary/aromatic N) is 3. The van der Waals surface area contributed by atoms with Crippen molar-refractivity contribution < 1.29 is 54.2 Å². The predicted molar refractivity (Wildman–Crippen MR) is 231 cm³/mol. The fourth-order valence-corrected chi connectivity index (χ4v) is 6.02. The topological polar surface area (TPSA) is 334 Å². The number of nitrogens with two attached hydrogens (primary N) is 1. The average Bonchev–Trinajstić information content (AvgIpc) is 3.25. The van der Waals surface area contributed by atoms with Crippen LogP contribution in [0.1, 0.15) is 83.3 Å². The molecule has 0 radical (unpaired) electrons. The van der Waals surface area contributed by atoms with Gasteiger partial charge in [0.1, 0.15) is 30.5 Å². The summed E-state index contributed by atoms with van der Waals surface area (Å²) in [5.41, 5.74) is 6.63. The second-order valence-corrected chi connectivity index (χ2v) is 13.7. The van der Waals surface area contributed by atoms with Gasteiger partial charge < -0.3 is 62.0 Å². The molecule has 342 valence electrons. The van der Waals surface area contributed by atoms with Crippen LogP contribution < -0.4 is 32.6 Å². The van der Waals surface area contributed by atoms with Gasteiger partial charge in [0.05, 0.1) is 31.6 Å². The number of hydrogen-bond donors (Lipinski definition) is 11. The molecule has 3 amide bonds. The Morgan fingerprint density at radius 1 is 0.934 bits per heavy atom. The number of thioether (sulfide) groups is 1. The largest absolute Gasteiger partial charge is 0.480 e. The van der Waals surface area contributed by atoms with Gasteiger partial charge >= 0.3 is 5.97 Å². The summed E-state index contributed by atoms with van der Waals surface area (Å²) < 4.78 is 10.6. The number of aromatic amines is 1. The molecule has 22 heteroatoms. The van der Waals surface area contributed by atoms with Crippen LogP contribution in [0, 0.1) is 0 Å². The monoisotopic (exact) mass is 881 g/mol. The summed E-state index contributed by atoms with van der Waals surface area (Å²) in [6.07, 6.45) is -3.59. The molecule has 0 bridgehead atoms. The minimum atomic E-state index is -1.42. The summed E-state index contributed by atoms with van der Waals surface area (Å²) in [6, 6.07) is 5.16. The highest BCUT2D eigenvalue weighted by molar-refractivity contribution is 7.99. The molecule has 1 saturated heterocycles. The first-order valence-electron chi connectivity index (χ1n) is 20.2. The number of fused-ring (bicyclic) bond motifs is 1. The molecular formula is C39H63N9O12S. The normalized spacial score (nSPS) is 18.4. The maximum absolute atomic E-state index is 12.4. The van der Waals surface area contributed by atoms with Crippen molar-refractivity contribution in [2.75, 3.05) is 48.9 Å². The number of benzene rings is 1. The molecule has 4 rings (SSSR count). The molecule has 0 spiro atoms. The van der Waals surface area contributed by atoms with Gasteiger partial charge in [-0.05, 0) is 56.7 Å². The molecule has 0 saturated carbocycles. The first kappa shape index (κ1) is 54.0. The second-order valence-electron chi connectivity index (χ2n) is 12.5. The average molecular weight is 882 g/mol. The number of hydrogen-bond acceptors (Lipinski definition) is 17. The van der Waals surface area contributed by atoms with Crippen LogP contribution in [0.5, 0.6) is 0 Å².